The van der Waals surface area contributed by atoms with Crippen molar-refractivity contribution in [1.29, 1.82) is 5.26 Å². The molecule has 2 aromatic rings. The van der Waals surface area contributed by atoms with Gasteiger partial charge in [0.1, 0.15) is 17.3 Å². The van der Waals surface area contributed by atoms with Gasteiger partial charge in [0.2, 0.25) is 0 Å². The molecule has 0 saturated heterocycles. The standard InChI is InChI=1S/C19H20FNO2/c1-2-22-18-6-3-7-19(13-18)23-12-4-5-16(14-21)15-8-10-17(20)11-9-15/h3,6-11,13,16H,2,4-5,12H2,1H3. The van der Waals surface area contributed by atoms with Gasteiger partial charge in [-0.3, -0.25) is 0 Å². The Kier molecular flexibility index (Phi) is 6.43. The van der Waals surface area contributed by atoms with Crippen LogP contribution in [0, 0.1) is 17.1 Å². The number of nitriles is 1. The second-order valence-corrected chi connectivity index (χ2v) is 5.13. The van der Waals surface area contributed by atoms with Crippen LogP contribution in [0.5, 0.6) is 11.5 Å². The summed E-state index contributed by atoms with van der Waals surface area (Å²) in [7, 11) is 0. The lowest BCUT2D eigenvalue weighted by Crippen LogP contribution is -2.02. The first-order valence-corrected chi connectivity index (χ1v) is 7.73. The largest absolute Gasteiger partial charge is 0.494 e. The molecule has 0 aliphatic rings. The molecule has 0 fully saturated rings. The van der Waals surface area contributed by atoms with Crippen molar-refractivity contribution in [3.63, 3.8) is 0 Å². The highest BCUT2D eigenvalue weighted by Gasteiger charge is 2.10. The van der Waals surface area contributed by atoms with E-state index in [0.29, 0.717) is 19.6 Å². The highest BCUT2D eigenvalue weighted by molar-refractivity contribution is 5.32. The van der Waals surface area contributed by atoms with Gasteiger partial charge in [0, 0.05) is 6.07 Å². The van der Waals surface area contributed by atoms with E-state index in [9.17, 15) is 9.65 Å². The molecule has 2 rings (SSSR count). The number of rotatable bonds is 8. The lowest BCUT2D eigenvalue weighted by molar-refractivity contribution is 0.299. The summed E-state index contributed by atoms with van der Waals surface area (Å²) >= 11 is 0. The molecule has 0 radical (unpaired) electrons. The van der Waals surface area contributed by atoms with E-state index in [1.54, 1.807) is 12.1 Å². The molecule has 0 spiro atoms. The van der Waals surface area contributed by atoms with Crippen LogP contribution in [-0.4, -0.2) is 13.2 Å². The zero-order valence-corrected chi connectivity index (χ0v) is 13.2. The first-order chi connectivity index (χ1) is 11.2. The quantitative estimate of drug-likeness (QED) is 0.664. The topological polar surface area (TPSA) is 42.2 Å². The first-order valence-electron chi connectivity index (χ1n) is 7.73. The van der Waals surface area contributed by atoms with E-state index in [4.69, 9.17) is 9.47 Å². The highest BCUT2D eigenvalue weighted by atomic mass is 19.1. The summed E-state index contributed by atoms with van der Waals surface area (Å²) in [5, 5.41) is 9.26. The molecule has 0 bridgehead atoms. The Labute approximate surface area is 136 Å². The second kappa shape index (κ2) is 8.79. The van der Waals surface area contributed by atoms with Crippen molar-refractivity contribution in [3.8, 4) is 17.6 Å². The van der Waals surface area contributed by atoms with Crippen LogP contribution >= 0.6 is 0 Å². The summed E-state index contributed by atoms with van der Waals surface area (Å²) in [5.41, 5.74) is 0.840. The minimum Gasteiger partial charge on any atom is -0.494 e. The number of hydrogen-bond acceptors (Lipinski definition) is 3. The van der Waals surface area contributed by atoms with E-state index < -0.39 is 0 Å². The Balaban J connectivity index is 1.81. The van der Waals surface area contributed by atoms with Crippen molar-refractivity contribution in [2.45, 2.75) is 25.7 Å². The molecule has 0 aliphatic heterocycles. The Morgan fingerprint density at radius 1 is 1.09 bits per heavy atom. The molecule has 23 heavy (non-hydrogen) atoms. The molecular formula is C19H20FNO2. The number of benzene rings is 2. The molecule has 0 N–H and O–H groups in total. The van der Waals surface area contributed by atoms with Gasteiger partial charge in [0.15, 0.2) is 0 Å². The maximum atomic E-state index is 12.9. The molecular weight excluding hydrogens is 293 g/mol. The Morgan fingerprint density at radius 3 is 2.43 bits per heavy atom. The zero-order valence-electron chi connectivity index (χ0n) is 13.2. The van der Waals surface area contributed by atoms with Crippen LogP contribution in [0.25, 0.3) is 0 Å². The van der Waals surface area contributed by atoms with E-state index in [0.717, 1.165) is 23.5 Å². The van der Waals surface area contributed by atoms with Crippen molar-refractivity contribution in [3.05, 3.63) is 59.9 Å². The molecule has 120 valence electrons. The molecule has 0 amide bonds. The lowest BCUT2D eigenvalue weighted by Gasteiger charge is -2.11. The van der Waals surface area contributed by atoms with Gasteiger partial charge in [0.05, 0.1) is 25.2 Å². The highest BCUT2D eigenvalue weighted by Crippen LogP contribution is 2.22. The Morgan fingerprint density at radius 2 is 1.78 bits per heavy atom. The number of nitrogens with zero attached hydrogens (tertiary/aromatic N) is 1. The third-order valence-corrected chi connectivity index (χ3v) is 3.45. The molecule has 2 aromatic carbocycles. The summed E-state index contributed by atoms with van der Waals surface area (Å²) in [6.07, 6.45) is 1.42. The molecule has 0 saturated carbocycles. The van der Waals surface area contributed by atoms with Crippen molar-refractivity contribution < 1.29 is 13.9 Å². The maximum Gasteiger partial charge on any atom is 0.123 e. The van der Waals surface area contributed by atoms with E-state index in [1.165, 1.54) is 12.1 Å². The van der Waals surface area contributed by atoms with Gasteiger partial charge >= 0.3 is 0 Å². The summed E-state index contributed by atoms with van der Waals surface area (Å²) in [4.78, 5) is 0. The van der Waals surface area contributed by atoms with E-state index >= 15 is 0 Å². The summed E-state index contributed by atoms with van der Waals surface area (Å²) in [5.74, 6) is 1.01. The lowest BCUT2D eigenvalue weighted by atomic mass is 9.96. The normalized spacial score (nSPS) is 11.5. The van der Waals surface area contributed by atoms with Gasteiger partial charge in [0.25, 0.3) is 0 Å². The molecule has 3 nitrogen and oxygen atoms in total. The van der Waals surface area contributed by atoms with Crippen LogP contribution < -0.4 is 9.47 Å². The summed E-state index contributed by atoms with van der Waals surface area (Å²) in [6.45, 7) is 3.07. The van der Waals surface area contributed by atoms with Gasteiger partial charge in [-0.15, -0.1) is 0 Å². The van der Waals surface area contributed by atoms with Gasteiger partial charge in [-0.25, -0.2) is 4.39 Å². The Hall–Kier alpha value is -2.54. The molecule has 1 unspecified atom stereocenters. The van der Waals surface area contributed by atoms with E-state index in [-0.39, 0.29) is 11.7 Å². The summed E-state index contributed by atoms with van der Waals surface area (Å²) < 4.78 is 24.0. The third kappa shape index (κ3) is 5.30. The van der Waals surface area contributed by atoms with Crippen LogP contribution in [0.1, 0.15) is 31.2 Å². The van der Waals surface area contributed by atoms with Crippen molar-refractivity contribution >= 4 is 0 Å². The molecule has 0 aromatic heterocycles. The second-order valence-electron chi connectivity index (χ2n) is 5.13. The van der Waals surface area contributed by atoms with Crippen LogP contribution in [0.3, 0.4) is 0 Å². The number of hydrogen-bond donors (Lipinski definition) is 0. The maximum absolute atomic E-state index is 12.9. The first kappa shape index (κ1) is 16.8. The summed E-state index contributed by atoms with van der Waals surface area (Å²) in [6, 6.07) is 15.9. The average Bonchev–Trinajstić information content (AvgIpc) is 2.57. The van der Waals surface area contributed by atoms with Crippen LogP contribution in [-0.2, 0) is 0 Å². The smallest absolute Gasteiger partial charge is 0.123 e. The monoisotopic (exact) mass is 313 g/mol. The zero-order chi connectivity index (χ0) is 16.5. The SMILES string of the molecule is CCOc1cccc(OCCCC(C#N)c2ccc(F)cc2)c1. The van der Waals surface area contributed by atoms with Crippen LogP contribution in [0.2, 0.25) is 0 Å². The third-order valence-electron chi connectivity index (χ3n) is 3.45. The molecule has 4 heteroatoms. The molecule has 0 aliphatic carbocycles. The number of ether oxygens (including phenoxy) is 2. The predicted molar refractivity (Wildman–Crippen MR) is 87.1 cm³/mol. The van der Waals surface area contributed by atoms with Gasteiger partial charge < -0.3 is 9.47 Å². The van der Waals surface area contributed by atoms with Crippen molar-refractivity contribution in [1.82, 2.24) is 0 Å². The van der Waals surface area contributed by atoms with E-state index in [1.807, 2.05) is 31.2 Å². The van der Waals surface area contributed by atoms with Crippen LogP contribution in [0.4, 0.5) is 4.39 Å². The van der Waals surface area contributed by atoms with Crippen molar-refractivity contribution in [2.75, 3.05) is 13.2 Å². The van der Waals surface area contributed by atoms with E-state index in [2.05, 4.69) is 6.07 Å². The molecule has 1 atom stereocenters. The predicted octanol–water partition coefficient (Wildman–Crippen LogP) is 4.69. The van der Waals surface area contributed by atoms with Crippen molar-refractivity contribution in [2.24, 2.45) is 0 Å². The van der Waals surface area contributed by atoms with Gasteiger partial charge in [-0.1, -0.05) is 18.2 Å². The van der Waals surface area contributed by atoms with Gasteiger partial charge in [-0.05, 0) is 49.6 Å². The number of halogens is 1. The minimum atomic E-state index is -0.289. The Bertz CT molecular complexity index is 649. The fourth-order valence-corrected chi connectivity index (χ4v) is 2.30. The average molecular weight is 313 g/mol. The fraction of sp³-hybridized carbons (Fsp3) is 0.316. The minimum absolute atomic E-state index is 0.242. The molecule has 0 heterocycles. The van der Waals surface area contributed by atoms with Crippen LogP contribution in [0.15, 0.2) is 48.5 Å². The fourth-order valence-electron chi connectivity index (χ4n) is 2.30. The van der Waals surface area contributed by atoms with Gasteiger partial charge in [-0.2, -0.15) is 5.26 Å².